The van der Waals surface area contributed by atoms with Crippen LogP contribution in [0.2, 0.25) is 0 Å². The summed E-state index contributed by atoms with van der Waals surface area (Å²) in [4.78, 5) is 0. The molecule has 0 nitrogen and oxygen atoms in total. The van der Waals surface area contributed by atoms with Gasteiger partial charge in [0.05, 0.1) is 0 Å². The van der Waals surface area contributed by atoms with E-state index in [1.807, 2.05) is 0 Å². The zero-order chi connectivity index (χ0) is 0. The fraction of sp³-hybridized carbons (Fsp3) is 0. The van der Waals surface area contributed by atoms with Gasteiger partial charge in [-0.05, 0) is 0 Å². The van der Waals surface area contributed by atoms with Crippen LogP contribution in [0.5, 0.6) is 0 Å². The van der Waals surface area contributed by atoms with Crippen molar-refractivity contribution in [2.24, 2.45) is 0 Å². The van der Waals surface area contributed by atoms with Gasteiger partial charge in [0, 0.05) is 2180 Å². The molecule has 0 aromatic heterocycles. The van der Waals surface area contributed by atoms with E-state index in [0.29, 0.717) is 0 Å². The summed E-state index contributed by atoms with van der Waals surface area (Å²) in [5, 5.41) is 0. The Hall–Kier alpha value is 65.7. The molecule has 130 heavy (non-hydrogen) atoms. The van der Waals surface area contributed by atoms with Gasteiger partial charge in [-0.25, -0.2) is 0 Å². The van der Waals surface area contributed by atoms with Gasteiger partial charge >= 0.3 is 0 Å². The van der Waals surface area contributed by atoms with E-state index in [9.17, 15) is 0 Å². The maximum Gasteiger partial charge on any atom is 0 e. The van der Waals surface area contributed by atoms with Crippen LogP contribution in [0.3, 0.4) is 0 Å². The van der Waals surface area contributed by atoms with Crippen LogP contribution in [-0.2, 0) is 2180 Å². The molecule has 0 rings (SSSR count). The molecule has 0 aliphatic carbocycles. The molecule has 0 N–H and O–H groups in total. The van der Waals surface area contributed by atoms with Crippen molar-refractivity contribution in [2.45, 2.75) is 0 Å². The summed E-state index contributed by atoms with van der Waals surface area (Å²) in [6, 6.07) is 0. The summed E-state index contributed by atoms with van der Waals surface area (Å²) in [7, 11) is 0. The average Bonchev–Trinajstić information content (AvgIpc) is 0. The molecule has 0 heterocycles. The Bertz CT molecular complexity index is 129. The molecule has 0 atom stereocenters. The summed E-state index contributed by atoms with van der Waals surface area (Å²) >= 11 is 0. The van der Waals surface area contributed by atoms with Crippen LogP contribution in [0.1, 0.15) is 0 Å². The van der Waals surface area contributed by atoms with Gasteiger partial charge < -0.3 is 0 Å². The molecule has 0 amide bonds. The van der Waals surface area contributed by atoms with Gasteiger partial charge in [-0.1, -0.05) is 0 Å². The number of rotatable bonds is 0. The van der Waals surface area contributed by atoms with Crippen LogP contribution in [-0.4, -0.2) is 0 Å². The minimum atomic E-state index is 0. The third-order valence-corrected chi connectivity index (χ3v) is 0. The van der Waals surface area contributed by atoms with E-state index < -0.39 is 0 Å². The molecular weight excluding hydrogens is 7460 g/mol. The maximum atomic E-state index is 0. The SMILES string of the molecule is [Fe].[Fe].[Fe].[Fe].[Fe].[Fe].[Fe].[Fe].[Fe].[Fe].[Fe].[Fe].[Fe].[Fe].[Fe].[Fe].[Fe].[Fe].[Fe].[Fe].[Fe].[Fe].[Fe].[Fe].[Fe].[Fe].[Fe].[Fe].[Fe].[Fe].[Fe].[Fe].[Fe].[Fe].[Fe].[Fe].[Fe].[Fe].[Fe].[Fe].[Fe].[Fe].[Fe].[Fe].[Fe].[Fe].[Fe].[Fe].[Fe].[Fe].[Fe].[Fe].[Fe].[Fe].[Fe].[Fe].[Fe].[Fe].[Fe].[Fe].[Ni].[Ni].[Ni].[Ni].[Ni].[Ni].[Ni].[Ni].[Ni].[Ni].[Ni].[Ni].[Ni].[Ni].[Ni].[Ni].[Ni].[Ni].[Ni].[Ni].[Ni].[Ni].[Ni].[Ni].[Ni].[Ni].[Ni].[Ni].[Ni].[Ni].[Ni].[Ni].[Ni].[Ni].[Ni].[Ni].[Ni].[Ni].[Ni].[Ni].[Ni].[Ni].[Ni].[Ni].[Ni].[Ni].[Ni].[Ni].[Ni].[Ni].[Ni].[Ni].[Ni].[Ni].[Ni].[Ni].[Ni].[Ni].[Ni].[Ni].[Ni].[Ni].[Ni].[Ni].[Ni].[Ni].[Ni].[Ni].[Ni].[Ni]. The first-order valence-electron chi connectivity index (χ1n) is 0. The second kappa shape index (κ2) is 1690. The third-order valence-electron chi connectivity index (χ3n) is 0. The first kappa shape index (κ1) is 1720. The van der Waals surface area contributed by atoms with Gasteiger partial charge in [0.15, 0.2) is 0 Å². The van der Waals surface area contributed by atoms with Crippen molar-refractivity contribution in [3.63, 3.8) is 0 Å². The fourth-order valence-electron chi connectivity index (χ4n) is 0. The molecule has 0 aliphatic heterocycles. The second-order valence-corrected chi connectivity index (χ2v) is 0. The first-order valence-corrected chi connectivity index (χ1v) is 0. The monoisotopic (exact) mass is 7410 g/mol. The molecule has 0 aromatic rings. The molecule has 130 heteroatoms. The van der Waals surface area contributed by atoms with Gasteiger partial charge in [-0.2, -0.15) is 0 Å². The van der Waals surface area contributed by atoms with E-state index in [1.165, 1.54) is 0 Å². The summed E-state index contributed by atoms with van der Waals surface area (Å²) in [5.74, 6) is 0. The largest absolute Gasteiger partial charge is 0 e. The number of hydrogen-bond donors (Lipinski definition) is 0. The maximum absolute atomic E-state index is 0. The van der Waals surface area contributed by atoms with Crippen molar-refractivity contribution < 1.29 is 2180 Å². The minimum absolute atomic E-state index is 0. The van der Waals surface area contributed by atoms with Crippen LogP contribution < -0.4 is 0 Å². The van der Waals surface area contributed by atoms with Crippen LogP contribution >= 0.6 is 0 Å². The van der Waals surface area contributed by atoms with Crippen LogP contribution in [0.15, 0.2) is 0 Å². The Morgan fingerprint density at radius 1 is 0.0154 bits per heavy atom. The van der Waals surface area contributed by atoms with Crippen LogP contribution in [0, 0.1) is 0 Å². The Kier molecular flexibility index (Phi) is 22400. The molecule has 0 aromatic carbocycles. The Labute approximate surface area is 2120 Å². The Morgan fingerprint density at radius 3 is 0.0154 bits per heavy atom. The molecule has 0 saturated carbocycles. The van der Waals surface area contributed by atoms with E-state index >= 15 is 0 Å². The predicted molar refractivity (Wildman–Crippen MR) is 0 cm³/mol. The van der Waals surface area contributed by atoms with Gasteiger partial charge in [-0.15, -0.1) is 0 Å². The molecule has 1180 valence electrons. The molecule has 0 spiro atoms. The predicted octanol–water partition coefficient (Wildman–Crippen LogP) is -0.325. The van der Waals surface area contributed by atoms with Crippen molar-refractivity contribution in [3.05, 3.63) is 0 Å². The average molecular weight is 7460 g/mol. The molecule has 0 fully saturated rings. The third kappa shape index (κ3) is 1670. The summed E-state index contributed by atoms with van der Waals surface area (Å²) in [6.45, 7) is 0. The standard InChI is InChI=1S/60Fe.70Ni. The first-order chi connectivity index (χ1) is 0. The molecule has 0 radical (unpaired) electrons. The quantitative estimate of drug-likeness (QED) is 0.293. The molecule has 0 aliphatic rings. The number of hydrogen-bond acceptors (Lipinski definition) is 0. The zero-order valence-electron chi connectivity index (χ0n) is 43.3. The molecular formula is Fe60Ni70. The van der Waals surface area contributed by atoms with Crippen molar-refractivity contribution in [1.29, 1.82) is 0 Å². The van der Waals surface area contributed by atoms with Crippen molar-refractivity contribution >= 4 is 0 Å². The van der Waals surface area contributed by atoms with E-state index in [2.05, 4.69) is 0 Å². The van der Waals surface area contributed by atoms with Crippen molar-refractivity contribution in [1.82, 2.24) is 0 Å². The van der Waals surface area contributed by atoms with Gasteiger partial charge in [0.25, 0.3) is 0 Å². The molecule has 0 saturated heterocycles. The normalized spacial score (nSPS) is 0. The Balaban J connectivity index is 0. The smallest absolute Gasteiger partial charge is 0 e. The van der Waals surface area contributed by atoms with Crippen LogP contribution in [0.25, 0.3) is 0 Å². The fourth-order valence-corrected chi connectivity index (χ4v) is 0. The van der Waals surface area contributed by atoms with Crippen LogP contribution in [0.4, 0.5) is 0 Å². The molecule has 0 bridgehead atoms. The second-order valence-electron chi connectivity index (χ2n) is 0. The van der Waals surface area contributed by atoms with E-state index in [1.54, 1.807) is 0 Å². The zero-order valence-corrected chi connectivity index (χ0v) is 179. The van der Waals surface area contributed by atoms with Gasteiger partial charge in [0.1, 0.15) is 0 Å². The van der Waals surface area contributed by atoms with E-state index in [4.69, 9.17) is 0 Å². The Morgan fingerprint density at radius 2 is 0.0154 bits per heavy atom. The van der Waals surface area contributed by atoms with E-state index in [0.717, 1.165) is 0 Å². The topological polar surface area (TPSA) is 0 Å². The summed E-state index contributed by atoms with van der Waals surface area (Å²) in [6.07, 6.45) is 0. The summed E-state index contributed by atoms with van der Waals surface area (Å²) < 4.78 is 0. The van der Waals surface area contributed by atoms with Crippen molar-refractivity contribution in [3.8, 4) is 0 Å². The van der Waals surface area contributed by atoms with Crippen molar-refractivity contribution in [2.75, 3.05) is 0 Å². The van der Waals surface area contributed by atoms with Gasteiger partial charge in [-0.3, -0.25) is 0 Å². The molecule has 0 unspecified atom stereocenters. The summed E-state index contributed by atoms with van der Waals surface area (Å²) in [5.41, 5.74) is 0. The minimum Gasteiger partial charge on any atom is 0 e. The van der Waals surface area contributed by atoms with Gasteiger partial charge in [0.2, 0.25) is 0 Å². The van der Waals surface area contributed by atoms with E-state index in [-0.39, 0.29) is 2180 Å².